The van der Waals surface area contributed by atoms with Crippen molar-refractivity contribution in [1.82, 2.24) is 0 Å². The van der Waals surface area contributed by atoms with E-state index in [0.29, 0.717) is 5.69 Å². The lowest BCUT2D eigenvalue weighted by molar-refractivity contribution is -0.121. The molecule has 1 aliphatic carbocycles. The van der Waals surface area contributed by atoms with E-state index in [1.54, 1.807) is 12.1 Å². The van der Waals surface area contributed by atoms with Crippen molar-refractivity contribution in [1.29, 1.82) is 0 Å². The molecule has 0 aliphatic heterocycles. The predicted molar refractivity (Wildman–Crippen MR) is 86.0 cm³/mol. The van der Waals surface area contributed by atoms with Crippen molar-refractivity contribution in [2.45, 2.75) is 32.6 Å². The van der Waals surface area contributed by atoms with E-state index in [-0.39, 0.29) is 11.8 Å². The molecule has 19 heavy (non-hydrogen) atoms. The summed E-state index contributed by atoms with van der Waals surface area (Å²) in [5.41, 5.74) is 7.16. The van der Waals surface area contributed by atoms with Gasteiger partial charge >= 0.3 is 0 Å². The maximum absolute atomic E-state index is 12.3. The largest absolute Gasteiger partial charge is 0.399 e. The summed E-state index contributed by atoms with van der Waals surface area (Å²) >= 11 is 6.87. The Kier molecular flexibility index (Phi) is 4.90. The molecule has 1 amide bonds. The lowest BCUT2D eigenvalue weighted by atomic mass is 9.82. The van der Waals surface area contributed by atoms with Crippen LogP contribution < -0.4 is 11.1 Å². The van der Waals surface area contributed by atoms with Crippen LogP contribution in [0.25, 0.3) is 0 Å². The van der Waals surface area contributed by atoms with Crippen molar-refractivity contribution < 1.29 is 4.79 Å². The summed E-state index contributed by atoms with van der Waals surface area (Å²) in [5.74, 6) is 0.990. The van der Waals surface area contributed by atoms with E-state index in [1.165, 1.54) is 0 Å². The highest BCUT2D eigenvalue weighted by atomic mass is 79.9. The molecule has 0 aromatic heterocycles. The second-order valence-corrected chi connectivity index (χ2v) is 7.01. The van der Waals surface area contributed by atoms with Gasteiger partial charge in [0.25, 0.3) is 0 Å². The third-order valence-electron chi connectivity index (χ3n) is 3.70. The van der Waals surface area contributed by atoms with Crippen LogP contribution in [0.3, 0.4) is 0 Å². The van der Waals surface area contributed by atoms with Gasteiger partial charge in [-0.25, -0.2) is 0 Å². The highest BCUT2D eigenvalue weighted by Crippen LogP contribution is 2.35. The number of hydrogen-bond donors (Lipinski definition) is 2. The van der Waals surface area contributed by atoms with Gasteiger partial charge in [-0.15, -0.1) is 0 Å². The number of anilines is 2. The molecule has 0 radical (unpaired) electrons. The molecule has 104 valence electrons. The quantitative estimate of drug-likeness (QED) is 0.728. The van der Waals surface area contributed by atoms with Gasteiger partial charge in [-0.2, -0.15) is 0 Å². The van der Waals surface area contributed by atoms with Gasteiger partial charge in [0.1, 0.15) is 0 Å². The molecule has 0 saturated heterocycles. The third kappa shape index (κ3) is 3.72. The van der Waals surface area contributed by atoms with E-state index in [0.717, 1.165) is 46.2 Å². The monoisotopic (exact) mass is 388 g/mol. The highest BCUT2D eigenvalue weighted by Gasteiger charge is 2.25. The van der Waals surface area contributed by atoms with Gasteiger partial charge in [0.05, 0.1) is 5.69 Å². The van der Waals surface area contributed by atoms with Crippen molar-refractivity contribution in [3.8, 4) is 0 Å². The fourth-order valence-electron chi connectivity index (χ4n) is 2.46. The molecular formula is C14H18Br2N2O. The van der Waals surface area contributed by atoms with Crippen LogP contribution in [0.4, 0.5) is 11.4 Å². The molecule has 3 nitrogen and oxygen atoms in total. The molecule has 0 spiro atoms. The van der Waals surface area contributed by atoms with E-state index < -0.39 is 0 Å². The molecule has 5 heteroatoms. The summed E-state index contributed by atoms with van der Waals surface area (Å²) in [6.45, 7) is 2.25. The van der Waals surface area contributed by atoms with Crippen LogP contribution in [0.2, 0.25) is 0 Å². The van der Waals surface area contributed by atoms with E-state index in [2.05, 4.69) is 44.1 Å². The Hall–Kier alpha value is -0.550. The number of nitrogens with two attached hydrogens (primary N) is 1. The summed E-state index contributed by atoms with van der Waals surface area (Å²) in [6, 6.07) is 3.59. The maximum atomic E-state index is 12.3. The fourth-order valence-corrected chi connectivity index (χ4v) is 3.88. The number of carbonyl (C=O) groups excluding carboxylic acids is 1. The van der Waals surface area contributed by atoms with E-state index in [1.807, 2.05) is 0 Å². The Morgan fingerprint density at radius 3 is 2.26 bits per heavy atom. The Bertz CT molecular complexity index is 459. The number of halogens is 2. The third-order valence-corrected chi connectivity index (χ3v) is 4.95. The lowest BCUT2D eigenvalue weighted by Crippen LogP contribution is -2.26. The number of amides is 1. The fraction of sp³-hybridized carbons (Fsp3) is 0.500. The molecule has 1 fully saturated rings. The van der Waals surface area contributed by atoms with Crippen molar-refractivity contribution in [3.63, 3.8) is 0 Å². The van der Waals surface area contributed by atoms with E-state index in [4.69, 9.17) is 5.73 Å². The van der Waals surface area contributed by atoms with Crippen molar-refractivity contribution in [3.05, 3.63) is 21.1 Å². The van der Waals surface area contributed by atoms with Crippen LogP contribution in [0.15, 0.2) is 21.1 Å². The molecular weight excluding hydrogens is 372 g/mol. The van der Waals surface area contributed by atoms with Crippen LogP contribution >= 0.6 is 31.9 Å². The van der Waals surface area contributed by atoms with Crippen LogP contribution in [0.1, 0.15) is 32.6 Å². The number of hydrogen-bond acceptors (Lipinski definition) is 2. The summed E-state index contributed by atoms with van der Waals surface area (Å²) < 4.78 is 1.61. The maximum Gasteiger partial charge on any atom is 0.227 e. The first kappa shape index (κ1) is 14.9. The molecule has 0 heterocycles. The SMILES string of the molecule is CC1CCC(C(=O)Nc2c(Br)cc(N)cc2Br)CC1. The molecule has 1 aromatic carbocycles. The minimum atomic E-state index is 0.109. The van der Waals surface area contributed by atoms with Gasteiger partial charge in [-0.3, -0.25) is 4.79 Å². The smallest absolute Gasteiger partial charge is 0.227 e. The zero-order chi connectivity index (χ0) is 14.0. The van der Waals surface area contributed by atoms with Crippen molar-refractivity contribution >= 4 is 49.1 Å². The van der Waals surface area contributed by atoms with Gasteiger partial charge < -0.3 is 11.1 Å². The number of nitrogens with one attached hydrogen (secondary N) is 1. The summed E-state index contributed by atoms with van der Waals surface area (Å²) in [6.07, 6.45) is 4.25. The summed E-state index contributed by atoms with van der Waals surface area (Å²) in [7, 11) is 0. The normalized spacial score (nSPS) is 23.1. The zero-order valence-electron chi connectivity index (χ0n) is 10.9. The van der Waals surface area contributed by atoms with Gasteiger partial charge in [-0.05, 0) is 75.6 Å². The minimum Gasteiger partial charge on any atom is -0.399 e. The highest BCUT2D eigenvalue weighted by molar-refractivity contribution is 9.11. The van der Waals surface area contributed by atoms with Crippen LogP contribution in [0, 0.1) is 11.8 Å². The Morgan fingerprint density at radius 2 is 1.74 bits per heavy atom. The number of nitrogen functional groups attached to an aromatic ring is 1. The average molecular weight is 390 g/mol. The predicted octanol–water partition coefficient (Wildman–Crippen LogP) is 4.56. The first-order valence-corrected chi connectivity index (χ1v) is 8.11. The summed E-state index contributed by atoms with van der Waals surface area (Å²) in [4.78, 5) is 12.3. The van der Waals surface area contributed by atoms with E-state index >= 15 is 0 Å². The van der Waals surface area contributed by atoms with Gasteiger partial charge in [0, 0.05) is 20.6 Å². The van der Waals surface area contributed by atoms with Gasteiger partial charge in [0.15, 0.2) is 0 Å². The molecule has 0 bridgehead atoms. The molecule has 0 atom stereocenters. The Labute approximate surface area is 130 Å². The van der Waals surface area contributed by atoms with Crippen molar-refractivity contribution in [2.24, 2.45) is 11.8 Å². The number of rotatable bonds is 2. The first-order valence-electron chi connectivity index (χ1n) is 6.52. The molecule has 0 unspecified atom stereocenters. The van der Waals surface area contributed by atoms with Crippen LogP contribution in [-0.4, -0.2) is 5.91 Å². The molecule has 2 rings (SSSR count). The van der Waals surface area contributed by atoms with Crippen LogP contribution in [0.5, 0.6) is 0 Å². The Balaban J connectivity index is 2.07. The molecule has 1 saturated carbocycles. The zero-order valence-corrected chi connectivity index (χ0v) is 14.1. The molecule has 1 aliphatic rings. The first-order chi connectivity index (χ1) is 8.97. The lowest BCUT2D eigenvalue weighted by Gasteiger charge is -2.25. The van der Waals surface area contributed by atoms with Gasteiger partial charge in [-0.1, -0.05) is 6.92 Å². The topological polar surface area (TPSA) is 55.1 Å². The van der Waals surface area contributed by atoms with Crippen LogP contribution in [-0.2, 0) is 4.79 Å². The van der Waals surface area contributed by atoms with E-state index in [9.17, 15) is 4.79 Å². The summed E-state index contributed by atoms with van der Waals surface area (Å²) in [5, 5.41) is 3.00. The Morgan fingerprint density at radius 1 is 1.21 bits per heavy atom. The minimum absolute atomic E-state index is 0.109. The van der Waals surface area contributed by atoms with Gasteiger partial charge in [0.2, 0.25) is 5.91 Å². The average Bonchev–Trinajstić information content (AvgIpc) is 2.34. The molecule has 3 N–H and O–H groups in total. The second-order valence-electron chi connectivity index (χ2n) is 5.31. The number of carbonyl (C=O) groups is 1. The number of benzene rings is 1. The molecule has 1 aromatic rings. The van der Waals surface area contributed by atoms with Crippen molar-refractivity contribution in [2.75, 3.05) is 11.1 Å². The second kappa shape index (κ2) is 6.27. The standard InChI is InChI=1S/C14H18Br2N2O/c1-8-2-4-9(5-3-8)14(19)18-13-11(15)6-10(17)7-12(13)16/h6-9H,2-5,17H2,1H3,(H,18,19).